The summed E-state index contributed by atoms with van der Waals surface area (Å²) in [6, 6.07) is 12.7. The van der Waals surface area contributed by atoms with E-state index in [1.807, 2.05) is 26.2 Å². The fourth-order valence-corrected chi connectivity index (χ4v) is 4.20. The molecule has 0 radical (unpaired) electrons. The van der Waals surface area contributed by atoms with Gasteiger partial charge in [-0.15, -0.1) is 11.3 Å². The molecule has 136 valence electrons. The monoisotopic (exact) mass is 390 g/mol. The predicted molar refractivity (Wildman–Crippen MR) is 106 cm³/mol. The van der Waals surface area contributed by atoms with Gasteiger partial charge in [-0.25, -0.2) is 4.39 Å². The van der Waals surface area contributed by atoms with Gasteiger partial charge in [0.2, 0.25) is 5.91 Å². The van der Waals surface area contributed by atoms with E-state index in [0.717, 1.165) is 0 Å². The normalized spacial score (nSPS) is 12.5. The molecule has 1 amide bonds. The number of carbonyl (C=O) groups is 1. The van der Waals surface area contributed by atoms with E-state index in [9.17, 15) is 9.18 Å². The number of thiophene rings is 1. The zero-order chi connectivity index (χ0) is 18.7. The lowest BCUT2D eigenvalue weighted by Gasteiger charge is -2.24. The summed E-state index contributed by atoms with van der Waals surface area (Å²) in [5.41, 5.74) is 1.41. The number of amides is 1. The molecule has 0 aliphatic rings. The molecule has 3 nitrogen and oxygen atoms in total. The van der Waals surface area contributed by atoms with Crippen molar-refractivity contribution in [3.8, 4) is 0 Å². The molecule has 1 heterocycles. The van der Waals surface area contributed by atoms with Crippen molar-refractivity contribution in [3.05, 3.63) is 69.8 Å². The molecule has 0 saturated heterocycles. The molecule has 0 bridgehead atoms. The van der Waals surface area contributed by atoms with Gasteiger partial charge in [0.1, 0.15) is 5.82 Å². The number of halogens is 2. The van der Waals surface area contributed by atoms with Crippen molar-refractivity contribution in [2.45, 2.75) is 12.5 Å². The minimum atomic E-state index is -0.458. The standard InChI is InChI=1S/C20H20ClFN2OS/c1-24(2)18(15-12-26-19-9-4-3-6-13(15)19)11-23-20(25)10-14-16(21)7-5-8-17(14)22/h3-9,12,18H,10-11H2,1-2H3,(H,23,25). The van der Waals surface area contributed by atoms with Crippen LogP contribution in [0.5, 0.6) is 0 Å². The number of nitrogens with zero attached hydrogens (tertiary/aromatic N) is 1. The van der Waals surface area contributed by atoms with Crippen LogP contribution in [0.3, 0.4) is 0 Å². The fourth-order valence-electron chi connectivity index (χ4n) is 2.96. The molecular formula is C20H20ClFN2OS. The molecule has 2 aromatic carbocycles. The van der Waals surface area contributed by atoms with Crippen molar-refractivity contribution >= 4 is 38.9 Å². The highest BCUT2D eigenvalue weighted by molar-refractivity contribution is 7.17. The second-order valence-electron chi connectivity index (χ2n) is 6.35. The first kappa shape index (κ1) is 18.8. The Kier molecular flexibility index (Phi) is 5.91. The highest BCUT2D eigenvalue weighted by Gasteiger charge is 2.20. The average molecular weight is 391 g/mol. The zero-order valence-electron chi connectivity index (χ0n) is 14.6. The summed E-state index contributed by atoms with van der Waals surface area (Å²) in [7, 11) is 3.97. The molecule has 0 aliphatic carbocycles. The summed E-state index contributed by atoms with van der Waals surface area (Å²) in [6.45, 7) is 0.443. The van der Waals surface area contributed by atoms with Gasteiger partial charge in [-0.3, -0.25) is 4.79 Å². The highest BCUT2D eigenvalue weighted by Crippen LogP contribution is 2.32. The van der Waals surface area contributed by atoms with Crippen molar-refractivity contribution in [3.63, 3.8) is 0 Å². The highest BCUT2D eigenvalue weighted by atomic mass is 35.5. The van der Waals surface area contributed by atoms with Crippen LogP contribution in [-0.2, 0) is 11.2 Å². The van der Waals surface area contributed by atoms with E-state index in [1.54, 1.807) is 17.4 Å². The Hall–Kier alpha value is -1.95. The summed E-state index contributed by atoms with van der Waals surface area (Å²) in [5, 5.41) is 6.52. The summed E-state index contributed by atoms with van der Waals surface area (Å²) in [4.78, 5) is 14.4. The van der Waals surface area contributed by atoms with Crippen LogP contribution in [0, 0.1) is 5.82 Å². The van der Waals surface area contributed by atoms with Crippen molar-refractivity contribution in [1.82, 2.24) is 10.2 Å². The lowest BCUT2D eigenvalue weighted by atomic mass is 10.0. The van der Waals surface area contributed by atoms with E-state index in [-0.39, 0.29) is 29.0 Å². The zero-order valence-corrected chi connectivity index (χ0v) is 16.2. The van der Waals surface area contributed by atoms with E-state index in [1.165, 1.54) is 27.8 Å². The third-order valence-corrected chi connectivity index (χ3v) is 5.72. The molecule has 6 heteroatoms. The second-order valence-corrected chi connectivity index (χ2v) is 7.67. The maximum Gasteiger partial charge on any atom is 0.224 e. The number of benzene rings is 2. The van der Waals surface area contributed by atoms with E-state index in [4.69, 9.17) is 11.6 Å². The van der Waals surface area contributed by atoms with Crippen LogP contribution in [0.4, 0.5) is 4.39 Å². The van der Waals surface area contributed by atoms with E-state index < -0.39 is 5.82 Å². The van der Waals surface area contributed by atoms with E-state index in [0.29, 0.717) is 6.54 Å². The lowest BCUT2D eigenvalue weighted by molar-refractivity contribution is -0.120. The van der Waals surface area contributed by atoms with Gasteiger partial charge in [0.15, 0.2) is 0 Å². The van der Waals surface area contributed by atoms with Gasteiger partial charge in [0, 0.05) is 21.8 Å². The van der Waals surface area contributed by atoms with Crippen LogP contribution in [0.25, 0.3) is 10.1 Å². The Balaban J connectivity index is 1.72. The first-order chi connectivity index (χ1) is 12.5. The molecule has 1 N–H and O–H groups in total. The van der Waals surface area contributed by atoms with Gasteiger partial charge < -0.3 is 10.2 Å². The Bertz CT molecular complexity index is 905. The van der Waals surface area contributed by atoms with Gasteiger partial charge in [0.25, 0.3) is 0 Å². The van der Waals surface area contributed by atoms with Crippen LogP contribution in [0.1, 0.15) is 17.2 Å². The summed E-state index contributed by atoms with van der Waals surface area (Å²) in [5.74, 6) is -0.705. The van der Waals surface area contributed by atoms with Gasteiger partial charge in [-0.05, 0) is 48.6 Å². The maximum absolute atomic E-state index is 13.9. The first-order valence-electron chi connectivity index (χ1n) is 8.29. The number of rotatable bonds is 6. The number of fused-ring (bicyclic) bond motifs is 1. The molecular weight excluding hydrogens is 371 g/mol. The Labute approximate surface area is 161 Å². The fraction of sp³-hybridized carbons (Fsp3) is 0.250. The minimum absolute atomic E-state index is 0.0335. The van der Waals surface area contributed by atoms with Gasteiger partial charge in [-0.2, -0.15) is 0 Å². The van der Waals surface area contributed by atoms with Crippen LogP contribution in [-0.4, -0.2) is 31.4 Å². The third kappa shape index (κ3) is 4.06. The van der Waals surface area contributed by atoms with Crippen molar-refractivity contribution in [1.29, 1.82) is 0 Å². The van der Waals surface area contributed by atoms with Crippen LogP contribution in [0.15, 0.2) is 47.8 Å². The molecule has 26 heavy (non-hydrogen) atoms. The van der Waals surface area contributed by atoms with Gasteiger partial charge in [-0.1, -0.05) is 35.9 Å². The topological polar surface area (TPSA) is 32.3 Å². The van der Waals surface area contributed by atoms with Crippen molar-refractivity contribution in [2.75, 3.05) is 20.6 Å². The Morgan fingerprint density at radius 3 is 2.73 bits per heavy atom. The number of nitrogens with one attached hydrogen (secondary N) is 1. The largest absolute Gasteiger partial charge is 0.354 e. The average Bonchev–Trinajstić information content (AvgIpc) is 3.02. The minimum Gasteiger partial charge on any atom is -0.354 e. The molecule has 0 fully saturated rings. The third-order valence-electron chi connectivity index (χ3n) is 4.38. The first-order valence-corrected chi connectivity index (χ1v) is 9.55. The number of hydrogen-bond donors (Lipinski definition) is 1. The molecule has 3 aromatic rings. The molecule has 1 aromatic heterocycles. The number of likely N-dealkylation sites (N-methyl/N-ethyl adjacent to an activating group) is 1. The van der Waals surface area contributed by atoms with Gasteiger partial charge >= 0.3 is 0 Å². The molecule has 0 saturated carbocycles. The second kappa shape index (κ2) is 8.16. The lowest BCUT2D eigenvalue weighted by Crippen LogP contribution is -2.35. The van der Waals surface area contributed by atoms with Crippen molar-refractivity contribution < 1.29 is 9.18 Å². The maximum atomic E-state index is 13.9. The number of hydrogen-bond acceptors (Lipinski definition) is 3. The number of carbonyl (C=O) groups excluding carboxylic acids is 1. The predicted octanol–water partition coefficient (Wildman–Crippen LogP) is 4.66. The van der Waals surface area contributed by atoms with E-state index in [2.05, 4.69) is 27.7 Å². The SMILES string of the molecule is CN(C)C(CNC(=O)Cc1c(F)cccc1Cl)c1csc2ccccc12. The van der Waals surface area contributed by atoms with Crippen LogP contribution < -0.4 is 5.32 Å². The summed E-state index contributed by atoms with van der Waals surface area (Å²) < 4.78 is 15.1. The molecule has 1 unspecified atom stereocenters. The van der Waals surface area contributed by atoms with Crippen LogP contribution in [0.2, 0.25) is 5.02 Å². The molecule has 0 aliphatic heterocycles. The molecule has 0 spiro atoms. The summed E-state index contributed by atoms with van der Waals surface area (Å²) in [6.07, 6.45) is -0.0734. The molecule has 1 atom stereocenters. The summed E-state index contributed by atoms with van der Waals surface area (Å²) >= 11 is 7.70. The van der Waals surface area contributed by atoms with Crippen LogP contribution >= 0.6 is 22.9 Å². The quantitative estimate of drug-likeness (QED) is 0.664. The van der Waals surface area contributed by atoms with Gasteiger partial charge in [0.05, 0.1) is 12.5 Å². The Morgan fingerprint density at radius 2 is 2.00 bits per heavy atom. The van der Waals surface area contributed by atoms with E-state index >= 15 is 0 Å². The molecule has 3 rings (SSSR count). The van der Waals surface area contributed by atoms with Crippen molar-refractivity contribution in [2.24, 2.45) is 0 Å². The Morgan fingerprint density at radius 1 is 1.23 bits per heavy atom. The smallest absolute Gasteiger partial charge is 0.224 e.